The average Bonchev–Trinajstić information content (AvgIpc) is 3.20. The van der Waals surface area contributed by atoms with Gasteiger partial charge >= 0.3 is 5.69 Å². The molecule has 1 aliphatic heterocycles. The summed E-state index contributed by atoms with van der Waals surface area (Å²) in [7, 11) is -3.07. The van der Waals surface area contributed by atoms with Gasteiger partial charge in [-0.3, -0.25) is 0 Å². The van der Waals surface area contributed by atoms with Crippen LogP contribution < -0.4 is 5.69 Å². The second-order valence-electron chi connectivity index (χ2n) is 6.52. The second kappa shape index (κ2) is 6.12. The van der Waals surface area contributed by atoms with Gasteiger partial charge in [-0.2, -0.15) is 5.10 Å². The number of hydrogen-bond acceptors (Lipinski definition) is 5. The molecule has 0 spiro atoms. The molecule has 1 saturated carbocycles. The molecule has 0 aromatic carbocycles. The van der Waals surface area contributed by atoms with Gasteiger partial charge in [0, 0.05) is 19.5 Å². The van der Waals surface area contributed by atoms with Crippen molar-refractivity contribution in [2.24, 2.45) is 5.92 Å². The monoisotopic (exact) mass is 368 g/mol. The number of aromatic amines is 1. The highest BCUT2D eigenvalue weighted by Crippen LogP contribution is 2.33. The van der Waals surface area contributed by atoms with Crippen molar-refractivity contribution >= 4 is 21.4 Å². The summed E-state index contributed by atoms with van der Waals surface area (Å²) in [6.07, 6.45) is 3.94. The van der Waals surface area contributed by atoms with E-state index in [1.165, 1.54) is 11.3 Å². The van der Waals surface area contributed by atoms with Crippen LogP contribution in [0.5, 0.6) is 0 Å². The van der Waals surface area contributed by atoms with Crippen LogP contribution >= 0.6 is 11.3 Å². The molecule has 0 bridgehead atoms. The maximum absolute atomic E-state index is 12.3. The molecule has 1 aliphatic carbocycles. The van der Waals surface area contributed by atoms with E-state index in [4.69, 9.17) is 0 Å². The van der Waals surface area contributed by atoms with Crippen LogP contribution in [0.2, 0.25) is 0 Å². The van der Waals surface area contributed by atoms with Crippen LogP contribution in [0.3, 0.4) is 0 Å². The maximum atomic E-state index is 12.3. The second-order valence-corrected chi connectivity index (χ2v) is 9.66. The lowest BCUT2D eigenvalue weighted by atomic mass is 9.94. The molecule has 2 fully saturated rings. The number of piperidine rings is 1. The number of thiophene rings is 1. The Morgan fingerprint density at radius 1 is 1.25 bits per heavy atom. The number of nitrogens with zero attached hydrogens (tertiary/aromatic N) is 3. The van der Waals surface area contributed by atoms with Gasteiger partial charge in [0.1, 0.15) is 10.8 Å². The average molecular weight is 368 g/mol. The van der Waals surface area contributed by atoms with Crippen LogP contribution in [0, 0.1) is 5.92 Å². The summed E-state index contributed by atoms with van der Waals surface area (Å²) in [5, 5.41) is 9.36. The smallest absolute Gasteiger partial charge is 0.246 e. The Morgan fingerprint density at radius 3 is 2.62 bits per heavy atom. The molecular formula is C15H20N4O3S2. The lowest BCUT2D eigenvalue weighted by Crippen LogP contribution is -2.40. The molecule has 4 rings (SSSR count). The maximum Gasteiger partial charge on any atom is 0.348 e. The van der Waals surface area contributed by atoms with E-state index in [2.05, 4.69) is 10.2 Å². The third-order valence-corrected chi connectivity index (χ3v) is 8.07. The van der Waals surface area contributed by atoms with Crippen molar-refractivity contribution in [3.63, 3.8) is 0 Å². The highest BCUT2D eigenvalue weighted by molar-refractivity contribution is 7.90. The first-order valence-electron chi connectivity index (χ1n) is 8.25. The van der Waals surface area contributed by atoms with Crippen LogP contribution in [0.1, 0.15) is 31.5 Å². The standard InChI is InChI=1S/C15H20N4O3S2/c20-15-17-16-13(19(15)14-2-1-9-23-14)10-11-5-7-18(8-6-11)24(21,22)12-3-4-12/h1-2,9,11-12H,3-8,10H2,(H,17,20). The van der Waals surface area contributed by atoms with Crippen LogP contribution in [-0.2, 0) is 16.4 Å². The van der Waals surface area contributed by atoms with E-state index in [9.17, 15) is 13.2 Å². The molecule has 2 aromatic heterocycles. The fourth-order valence-corrected chi connectivity index (χ4v) is 5.91. The first kappa shape index (κ1) is 16.0. The van der Waals surface area contributed by atoms with Crippen molar-refractivity contribution in [3.05, 3.63) is 33.8 Å². The summed E-state index contributed by atoms with van der Waals surface area (Å²) in [6, 6.07) is 3.81. The topological polar surface area (TPSA) is 88.1 Å². The Labute approximate surface area is 144 Å². The molecule has 9 heteroatoms. The van der Waals surface area contributed by atoms with E-state index >= 15 is 0 Å². The number of rotatable bonds is 5. The number of H-pyrrole nitrogens is 1. The third kappa shape index (κ3) is 2.96. The van der Waals surface area contributed by atoms with Gasteiger partial charge in [0.25, 0.3) is 0 Å². The van der Waals surface area contributed by atoms with Crippen molar-refractivity contribution in [3.8, 4) is 5.00 Å². The predicted octanol–water partition coefficient (Wildman–Crippen LogP) is 1.37. The van der Waals surface area contributed by atoms with Crippen molar-refractivity contribution < 1.29 is 8.42 Å². The molecule has 1 saturated heterocycles. The number of hydrogen-bond donors (Lipinski definition) is 1. The quantitative estimate of drug-likeness (QED) is 0.863. The first-order valence-corrected chi connectivity index (χ1v) is 10.6. The van der Waals surface area contributed by atoms with Gasteiger partial charge in [-0.1, -0.05) is 0 Å². The van der Waals surface area contributed by atoms with Gasteiger partial charge in [-0.05, 0) is 49.1 Å². The van der Waals surface area contributed by atoms with Crippen LogP contribution in [0.25, 0.3) is 5.00 Å². The SMILES string of the molecule is O=c1[nH]nc(CC2CCN(S(=O)(=O)C3CC3)CC2)n1-c1cccs1. The van der Waals surface area contributed by atoms with E-state index in [0.29, 0.717) is 25.4 Å². The largest absolute Gasteiger partial charge is 0.348 e. The molecule has 2 aliphatic rings. The molecule has 0 radical (unpaired) electrons. The summed E-state index contributed by atoms with van der Waals surface area (Å²) < 4.78 is 27.9. The normalized spacial score (nSPS) is 20.5. The summed E-state index contributed by atoms with van der Waals surface area (Å²) in [5.41, 5.74) is -0.221. The number of nitrogens with one attached hydrogen (secondary N) is 1. The van der Waals surface area contributed by atoms with E-state index in [1.807, 2.05) is 17.5 Å². The molecule has 0 amide bonds. The van der Waals surface area contributed by atoms with E-state index in [0.717, 1.165) is 36.5 Å². The Morgan fingerprint density at radius 2 is 2.00 bits per heavy atom. The van der Waals surface area contributed by atoms with Gasteiger partial charge in [-0.15, -0.1) is 11.3 Å². The third-order valence-electron chi connectivity index (χ3n) is 4.82. The van der Waals surface area contributed by atoms with Gasteiger partial charge in [-0.25, -0.2) is 27.2 Å². The highest BCUT2D eigenvalue weighted by atomic mass is 32.2. The van der Waals surface area contributed by atoms with Gasteiger partial charge < -0.3 is 0 Å². The zero-order valence-corrected chi connectivity index (χ0v) is 14.9. The molecule has 0 atom stereocenters. The zero-order chi connectivity index (χ0) is 16.7. The molecule has 2 aromatic rings. The summed E-state index contributed by atoms with van der Waals surface area (Å²) in [5.74, 6) is 1.08. The Kier molecular flexibility index (Phi) is 4.09. The molecular weight excluding hydrogens is 348 g/mol. The molecule has 0 unspecified atom stereocenters. The Bertz CT molecular complexity index is 857. The first-order chi connectivity index (χ1) is 11.6. The number of aromatic nitrogens is 3. The molecule has 7 nitrogen and oxygen atoms in total. The lowest BCUT2D eigenvalue weighted by molar-refractivity contribution is 0.269. The predicted molar refractivity (Wildman–Crippen MR) is 92.0 cm³/mol. The summed E-state index contributed by atoms with van der Waals surface area (Å²) >= 11 is 1.50. The van der Waals surface area contributed by atoms with Crippen LogP contribution in [-0.4, -0.2) is 45.8 Å². The van der Waals surface area contributed by atoms with E-state index in [-0.39, 0.29) is 10.9 Å². The minimum absolute atomic E-state index is 0.135. The zero-order valence-electron chi connectivity index (χ0n) is 13.2. The minimum atomic E-state index is -3.07. The highest BCUT2D eigenvalue weighted by Gasteiger charge is 2.41. The number of sulfonamides is 1. The summed E-state index contributed by atoms with van der Waals surface area (Å²) in [4.78, 5) is 12.0. The van der Waals surface area contributed by atoms with Crippen molar-refractivity contribution in [1.29, 1.82) is 0 Å². The lowest BCUT2D eigenvalue weighted by Gasteiger charge is -2.31. The van der Waals surface area contributed by atoms with Gasteiger partial charge in [0.05, 0.1) is 5.25 Å². The van der Waals surface area contributed by atoms with Crippen molar-refractivity contribution in [2.75, 3.05) is 13.1 Å². The molecule has 1 N–H and O–H groups in total. The van der Waals surface area contributed by atoms with Gasteiger partial charge in [0.2, 0.25) is 10.0 Å². The van der Waals surface area contributed by atoms with Crippen molar-refractivity contribution in [2.45, 2.75) is 37.4 Å². The van der Waals surface area contributed by atoms with Crippen molar-refractivity contribution in [1.82, 2.24) is 19.1 Å². The van der Waals surface area contributed by atoms with Crippen LogP contribution in [0.4, 0.5) is 0 Å². The van der Waals surface area contributed by atoms with Crippen LogP contribution in [0.15, 0.2) is 22.3 Å². The Hall–Kier alpha value is -1.45. The minimum Gasteiger partial charge on any atom is -0.246 e. The fourth-order valence-electron chi connectivity index (χ4n) is 3.29. The van der Waals surface area contributed by atoms with E-state index < -0.39 is 10.0 Å². The summed E-state index contributed by atoms with van der Waals surface area (Å²) in [6.45, 7) is 1.16. The van der Waals surface area contributed by atoms with E-state index in [1.54, 1.807) is 8.87 Å². The molecule has 130 valence electrons. The van der Waals surface area contributed by atoms with Gasteiger partial charge in [0.15, 0.2) is 0 Å². The Balaban J connectivity index is 1.44. The molecule has 3 heterocycles. The molecule has 24 heavy (non-hydrogen) atoms. The fraction of sp³-hybridized carbons (Fsp3) is 0.600.